The molecule has 0 saturated carbocycles. The fourth-order valence-electron chi connectivity index (χ4n) is 2.97. The second-order valence-electron chi connectivity index (χ2n) is 6.15. The van der Waals surface area contributed by atoms with E-state index in [1.54, 1.807) is 0 Å². The summed E-state index contributed by atoms with van der Waals surface area (Å²) >= 11 is 0. The quantitative estimate of drug-likeness (QED) is 0.801. The van der Waals surface area contributed by atoms with E-state index in [2.05, 4.69) is 22.2 Å². The summed E-state index contributed by atoms with van der Waals surface area (Å²) in [5.74, 6) is 0.808. The molecular weight excluding hydrogens is 254 g/mol. The zero-order chi connectivity index (χ0) is 14.2. The van der Waals surface area contributed by atoms with Gasteiger partial charge in [-0.3, -0.25) is 9.69 Å². The summed E-state index contributed by atoms with van der Waals surface area (Å²) in [7, 11) is 2.15. The van der Waals surface area contributed by atoms with Gasteiger partial charge in [0.1, 0.15) is 0 Å². The normalized spacial score (nSPS) is 26.1. The first-order valence-corrected chi connectivity index (χ1v) is 7.99. The van der Waals surface area contributed by atoms with E-state index in [1.165, 1.54) is 12.8 Å². The molecule has 5 heteroatoms. The van der Waals surface area contributed by atoms with Crippen molar-refractivity contribution in [2.45, 2.75) is 25.7 Å². The second kappa shape index (κ2) is 8.60. The van der Waals surface area contributed by atoms with Crippen LogP contribution in [-0.2, 0) is 9.53 Å². The monoisotopic (exact) mass is 283 g/mol. The Hall–Kier alpha value is -0.650. The van der Waals surface area contributed by atoms with E-state index >= 15 is 0 Å². The van der Waals surface area contributed by atoms with E-state index in [4.69, 9.17) is 4.74 Å². The van der Waals surface area contributed by atoms with Gasteiger partial charge in [-0.2, -0.15) is 0 Å². The van der Waals surface area contributed by atoms with E-state index in [1.807, 2.05) is 0 Å². The number of nitrogens with zero attached hydrogens (tertiary/aromatic N) is 2. The largest absolute Gasteiger partial charge is 0.381 e. The Morgan fingerprint density at radius 3 is 2.95 bits per heavy atom. The Kier molecular flexibility index (Phi) is 6.76. The number of ether oxygens (including phenoxy) is 1. The van der Waals surface area contributed by atoms with Crippen LogP contribution in [0.2, 0.25) is 0 Å². The molecule has 0 aromatic heterocycles. The molecule has 1 N–H and O–H groups in total. The highest BCUT2D eigenvalue weighted by molar-refractivity contribution is 5.77. The van der Waals surface area contributed by atoms with Crippen molar-refractivity contribution in [3.63, 3.8) is 0 Å². The molecule has 0 aromatic rings. The van der Waals surface area contributed by atoms with Crippen LogP contribution in [0.1, 0.15) is 25.7 Å². The fourth-order valence-corrected chi connectivity index (χ4v) is 2.97. The maximum absolute atomic E-state index is 11.9. The molecule has 20 heavy (non-hydrogen) atoms. The number of likely N-dealkylation sites (N-methyl/N-ethyl adjacent to an activating group) is 1. The summed E-state index contributed by atoms with van der Waals surface area (Å²) in [6.07, 6.45) is 4.62. The maximum atomic E-state index is 11.9. The van der Waals surface area contributed by atoms with E-state index in [0.717, 1.165) is 58.8 Å². The summed E-state index contributed by atoms with van der Waals surface area (Å²) in [6, 6.07) is 0. The minimum atomic E-state index is 0.172. The highest BCUT2D eigenvalue weighted by Gasteiger charge is 2.16. The van der Waals surface area contributed by atoms with Gasteiger partial charge in [-0.1, -0.05) is 0 Å². The van der Waals surface area contributed by atoms with Gasteiger partial charge in [-0.05, 0) is 51.7 Å². The number of nitrogens with one attached hydrogen (secondary N) is 1. The Morgan fingerprint density at radius 2 is 2.15 bits per heavy atom. The molecule has 2 saturated heterocycles. The van der Waals surface area contributed by atoms with Crippen LogP contribution in [-0.4, -0.2) is 75.2 Å². The molecule has 1 atom stereocenters. The van der Waals surface area contributed by atoms with Gasteiger partial charge in [0.05, 0.1) is 6.54 Å². The van der Waals surface area contributed by atoms with E-state index in [9.17, 15) is 4.79 Å². The fraction of sp³-hybridized carbons (Fsp3) is 0.933. The Labute approximate surface area is 122 Å². The van der Waals surface area contributed by atoms with Crippen molar-refractivity contribution in [3.05, 3.63) is 0 Å². The van der Waals surface area contributed by atoms with Gasteiger partial charge >= 0.3 is 0 Å². The van der Waals surface area contributed by atoms with Crippen molar-refractivity contribution < 1.29 is 9.53 Å². The molecule has 0 spiro atoms. The van der Waals surface area contributed by atoms with Crippen LogP contribution in [0.3, 0.4) is 0 Å². The van der Waals surface area contributed by atoms with Gasteiger partial charge in [0, 0.05) is 32.8 Å². The van der Waals surface area contributed by atoms with Gasteiger partial charge in [-0.25, -0.2) is 0 Å². The van der Waals surface area contributed by atoms with Crippen molar-refractivity contribution >= 4 is 5.91 Å². The van der Waals surface area contributed by atoms with Crippen LogP contribution in [0.4, 0.5) is 0 Å². The molecule has 0 aromatic carbocycles. The summed E-state index contributed by atoms with van der Waals surface area (Å²) in [4.78, 5) is 16.5. The highest BCUT2D eigenvalue weighted by atomic mass is 16.5. The van der Waals surface area contributed by atoms with Crippen LogP contribution in [0.15, 0.2) is 0 Å². The zero-order valence-electron chi connectivity index (χ0n) is 12.8. The Morgan fingerprint density at radius 1 is 1.25 bits per heavy atom. The number of carbonyl (C=O) groups excluding carboxylic acids is 1. The average molecular weight is 283 g/mol. The SMILES string of the molecule is CN1CCCN(CC(=O)NCCC2CCCOC2)CC1. The third-order valence-corrected chi connectivity index (χ3v) is 4.31. The van der Waals surface area contributed by atoms with Crippen LogP contribution >= 0.6 is 0 Å². The minimum Gasteiger partial charge on any atom is -0.381 e. The lowest BCUT2D eigenvalue weighted by Crippen LogP contribution is -2.39. The number of hydrogen-bond donors (Lipinski definition) is 1. The third-order valence-electron chi connectivity index (χ3n) is 4.31. The molecule has 5 nitrogen and oxygen atoms in total. The van der Waals surface area contributed by atoms with Crippen molar-refractivity contribution in [2.75, 3.05) is 59.5 Å². The first-order chi connectivity index (χ1) is 9.74. The molecule has 2 rings (SSSR count). The van der Waals surface area contributed by atoms with Crippen LogP contribution in [0, 0.1) is 5.92 Å². The molecule has 2 heterocycles. The zero-order valence-corrected chi connectivity index (χ0v) is 12.8. The molecule has 116 valence electrons. The topological polar surface area (TPSA) is 44.8 Å². The predicted molar refractivity (Wildman–Crippen MR) is 79.7 cm³/mol. The predicted octanol–water partition coefficient (Wildman–Crippen LogP) is 0.557. The lowest BCUT2D eigenvalue weighted by Gasteiger charge is -2.22. The van der Waals surface area contributed by atoms with Crippen LogP contribution in [0.25, 0.3) is 0 Å². The lowest BCUT2D eigenvalue weighted by atomic mass is 9.99. The van der Waals surface area contributed by atoms with Gasteiger partial charge in [-0.15, -0.1) is 0 Å². The van der Waals surface area contributed by atoms with Crippen molar-refractivity contribution in [2.24, 2.45) is 5.92 Å². The molecule has 0 radical (unpaired) electrons. The van der Waals surface area contributed by atoms with Crippen LogP contribution < -0.4 is 5.32 Å². The van der Waals surface area contributed by atoms with Crippen molar-refractivity contribution in [3.8, 4) is 0 Å². The Balaban J connectivity index is 1.57. The van der Waals surface area contributed by atoms with E-state index in [0.29, 0.717) is 12.5 Å². The number of hydrogen-bond acceptors (Lipinski definition) is 4. The molecule has 0 aliphatic carbocycles. The first-order valence-electron chi connectivity index (χ1n) is 7.99. The molecule has 0 bridgehead atoms. The standard InChI is InChI=1S/C15H29N3O2/c1-17-7-3-8-18(10-9-17)12-15(19)16-6-5-14-4-2-11-20-13-14/h14H,2-13H2,1H3,(H,16,19). The molecule has 2 fully saturated rings. The van der Waals surface area contributed by atoms with Crippen molar-refractivity contribution in [1.29, 1.82) is 0 Å². The summed E-state index contributed by atoms with van der Waals surface area (Å²) in [5, 5.41) is 3.06. The molecule has 2 aliphatic rings. The third kappa shape index (κ3) is 5.77. The summed E-state index contributed by atoms with van der Waals surface area (Å²) in [6.45, 7) is 7.36. The van der Waals surface area contributed by atoms with Gasteiger partial charge < -0.3 is 15.0 Å². The summed E-state index contributed by atoms with van der Waals surface area (Å²) < 4.78 is 5.46. The molecule has 2 aliphatic heterocycles. The second-order valence-corrected chi connectivity index (χ2v) is 6.15. The highest BCUT2D eigenvalue weighted by Crippen LogP contribution is 2.16. The average Bonchev–Trinajstić information content (AvgIpc) is 2.65. The molecular formula is C15H29N3O2. The number of amides is 1. The summed E-state index contributed by atoms with van der Waals surface area (Å²) in [5.41, 5.74) is 0. The smallest absolute Gasteiger partial charge is 0.234 e. The Bertz CT molecular complexity index is 293. The van der Waals surface area contributed by atoms with E-state index in [-0.39, 0.29) is 5.91 Å². The first kappa shape index (κ1) is 15.7. The van der Waals surface area contributed by atoms with Crippen molar-refractivity contribution in [1.82, 2.24) is 15.1 Å². The lowest BCUT2D eigenvalue weighted by molar-refractivity contribution is -0.122. The van der Waals surface area contributed by atoms with Gasteiger partial charge in [0.2, 0.25) is 5.91 Å². The number of rotatable bonds is 5. The molecule has 1 amide bonds. The van der Waals surface area contributed by atoms with Crippen LogP contribution in [0.5, 0.6) is 0 Å². The maximum Gasteiger partial charge on any atom is 0.234 e. The molecule has 1 unspecified atom stereocenters. The number of carbonyl (C=O) groups is 1. The van der Waals surface area contributed by atoms with Gasteiger partial charge in [0.25, 0.3) is 0 Å². The van der Waals surface area contributed by atoms with Gasteiger partial charge in [0.15, 0.2) is 0 Å². The van der Waals surface area contributed by atoms with E-state index < -0.39 is 0 Å². The minimum absolute atomic E-state index is 0.172.